The third-order valence-corrected chi connectivity index (χ3v) is 4.74. The Kier molecular flexibility index (Phi) is 5.43. The lowest BCUT2D eigenvalue weighted by Crippen LogP contribution is -2.38. The first kappa shape index (κ1) is 16.2. The molecular formula is C16H21N3O3S. The number of aromatic nitrogens is 1. The van der Waals surface area contributed by atoms with E-state index < -0.39 is 0 Å². The van der Waals surface area contributed by atoms with Crippen molar-refractivity contribution in [2.24, 2.45) is 0 Å². The maximum Gasteiger partial charge on any atom is 0.257 e. The van der Waals surface area contributed by atoms with Crippen LogP contribution in [0.5, 0.6) is 0 Å². The monoisotopic (exact) mass is 335 g/mol. The molecule has 1 aliphatic rings. The van der Waals surface area contributed by atoms with Crippen molar-refractivity contribution in [2.45, 2.75) is 13.3 Å². The smallest absolute Gasteiger partial charge is 0.257 e. The highest BCUT2D eigenvalue weighted by Crippen LogP contribution is 2.29. The first-order chi connectivity index (χ1) is 11.3. The largest absolute Gasteiger partial charge is 0.379 e. The average Bonchev–Trinajstić information content (AvgIpc) is 3.21. The molecule has 0 aromatic carbocycles. The Morgan fingerprint density at radius 2 is 2.26 bits per heavy atom. The van der Waals surface area contributed by atoms with Crippen LogP contribution in [0.25, 0.3) is 10.6 Å². The average molecular weight is 335 g/mol. The summed E-state index contributed by atoms with van der Waals surface area (Å²) < 4.78 is 10.7. The summed E-state index contributed by atoms with van der Waals surface area (Å²) in [5.74, 6) is 0.442. The summed E-state index contributed by atoms with van der Waals surface area (Å²) in [6.07, 6.45) is 0.921. The van der Waals surface area contributed by atoms with Gasteiger partial charge in [0.1, 0.15) is 5.56 Å². The van der Waals surface area contributed by atoms with Gasteiger partial charge in [0.15, 0.2) is 5.76 Å². The van der Waals surface area contributed by atoms with Crippen molar-refractivity contribution in [3.05, 3.63) is 28.8 Å². The molecule has 3 rings (SSSR count). The summed E-state index contributed by atoms with van der Waals surface area (Å²) in [5, 5.41) is 8.88. The third kappa shape index (κ3) is 3.99. The standard InChI is InChI=1S/C16H21N3O3S/c1-12-14(15(22-18-12)13-4-2-11-23-13)16(20)17-5-3-6-19-7-9-21-10-8-19/h2,4,11H,3,5-10H2,1H3,(H,17,20). The quantitative estimate of drug-likeness (QED) is 0.820. The predicted molar refractivity (Wildman–Crippen MR) is 88.8 cm³/mol. The number of hydrogen-bond acceptors (Lipinski definition) is 6. The minimum Gasteiger partial charge on any atom is -0.379 e. The maximum absolute atomic E-state index is 12.5. The molecule has 0 aliphatic carbocycles. The first-order valence-electron chi connectivity index (χ1n) is 7.84. The van der Waals surface area contributed by atoms with Crippen LogP contribution in [-0.4, -0.2) is 55.4 Å². The van der Waals surface area contributed by atoms with Crippen molar-refractivity contribution in [3.8, 4) is 10.6 Å². The van der Waals surface area contributed by atoms with Gasteiger partial charge in [0.05, 0.1) is 23.8 Å². The van der Waals surface area contributed by atoms with Gasteiger partial charge in [0.2, 0.25) is 0 Å². The minimum atomic E-state index is -0.117. The molecule has 6 nitrogen and oxygen atoms in total. The second-order valence-electron chi connectivity index (χ2n) is 5.51. The van der Waals surface area contributed by atoms with E-state index in [-0.39, 0.29) is 5.91 Å². The number of nitrogens with one attached hydrogen (secondary N) is 1. The van der Waals surface area contributed by atoms with Gasteiger partial charge in [-0.3, -0.25) is 9.69 Å². The van der Waals surface area contributed by atoms with E-state index in [1.807, 2.05) is 17.5 Å². The van der Waals surface area contributed by atoms with Crippen molar-refractivity contribution in [3.63, 3.8) is 0 Å². The molecule has 1 aliphatic heterocycles. The van der Waals surface area contributed by atoms with E-state index in [1.165, 1.54) is 11.3 Å². The van der Waals surface area contributed by atoms with E-state index in [2.05, 4.69) is 15.4 Å². The van der Waals surface area contributed by atoms with Gasteiger partial charge < -0.3 is 14.6 Å². The maximum atomic E-state index is 12.5. The molecule has 1 fully saturated rings. The van der Waals surface area contributed by atoms with Gasteiger partial charge in [0.25, 0.3) is 5.91 Å². The highest BCUT2D eigenvalue weighted by atomic mass is 32.1. The van der Waals surface area contributed by atoms with E-state index in [0.717, 1.165) is 44.1 Å². The molecule has 0 saturated carbocycles. The Labute approximate surface area is 139 Å². The van der Waals surface area contributed by atoms with Crippen LogP contribution in [0.3, 0.4) is 0 Å². The van der Waals surface area contributed by atoms with Gasteiger partial charge in [-0.1, -0.05) is 11.2 Å². The van der Waals surface area contributed by atoms with E-state index in [0.29, 0.717) is 23.6 Å². The summed E-state index contributed by atoms with van der Waals surface area (Å²) in [7, 11) is 0. The molecule has 1 saturated heterocycles. The van der Waals surface area contributed by atoms with Crippen LogP contribution in [0.2, 0.25) is 0 Å². The molecule has 23 heavy (non-hydrogen) atoms. The van der Waals surface area contributed by atoms with Crippen LogP contribution in [0, 0.1) is 6.92 Å². The van der Waals surface area contributed by atoms with Gasteiger partial charge in [-0.25, -0.2) is 0 Å². The van der Waals surface area contributed by atoms with Gasteiger partial charge in [-0.05, 0) is 31.3 Å². The SMILES string of the molecule is Cc1noc(-c2cccs2)c1C(=O)NCCCN1CCOCC1. The number of amides is 1. The Morgan fingerprint density at radius 3 is 3.00 bits per heavy atom. The second kappa shape index (κ2) is 7.72. The lowest BCUT2D eigenvalue weighted by atomic mass is 10.1. The van der Waals surface area contributed by atoms with Crippen molar-refractivity contribution in [1.82, 2.24) is 15.4 Å². The second-order valence-corrected chi connectivity index (χ2v) is 6.46. The molecule has 0 unspecified atom stereocenters. The number of aryl methyl sites for hydroxylation is 1. The zero-order chi connectivity index (χ0) is 16.1. The zero-order valence-electron chi connectivity index (χ0n) is 13.2. The number of thiophene rings is 1. The summed E-state index contributed by atoms with van der Waals surface area (Å²) in [5.41, 5.74) is 1.16. The van der Waals surface area contributed by atoms with Crippen LogP contribution >= 0.6 is 11.3 Å². The van der Waals surface area contributed by atoms with Crippen LogP contribution in [0.15, 0.2) is 22.0 Å². The Hall–Kier alpha value is -1.70. The molecule has 0 bridgehead atoms. The number of carbonyl (C=O) groups excluding carboxylic acids is 1. The van der Waals surface area contributed by atoms with Crippen molar-refractivity contribution in [1.29, 1.82) is 0 Å². The van der Waals surface area contributed by atoms with Gasteiger partial charge >= 0.3 is 0 Å². The normalized spacial score (nSPS) is 15.7. The molecule has 0 radical (unpaired) electrons. The molecule has 2 aromatic rings. The fourth-order valence-corrected chi connectivity index (χ4v) is 3.34. The summed E-state index contributed by atoms with van der Waals surface area (Å²) in [6, 6.07) is 3.86. The molecule has 2 aromatic heterocycles. The highest BCUT2D eigenvalue weighted by Gasteiger charge is 2.22. The molecule has 0 atom stereocenters. The molecule has 1 amide bonds. The first-order valence-corrected chi connectivity index (χ1v) is 8.72. The Morgan fingerprint density at radius 1 is 1.43 bits per heavy atom. The number of rotatable bonds is 6. The summed E-state index contributed by atoms with van der Waals surface area (Å²) in [4.78, 5) is 15.7. The van der Waals surface area contributed by atoms with Crippen LogP contribution in [-0.2, 0) is 4.74 Å². The Bertz CT molecular complexity index is 633. The van der Waals surface area contributed by atoms with Crippen molar-refractivity contribution in [2.75, 3.05) is 39.4 Å². The highest BCUT2D eigenvalue weighted by molar-refractivity contribution is 7.13. The number of hydrogen-bond donors (Lipinski definition) is 1. The number of carbonyl (C=O) groups is 1. The predicted octanol–water partition coefficient (Wildman–Crippen LogP) is 2.16. The number of morpholine rings is 1. The fraction of sp³-hybridized carbons (Fsp3) is 0.500. The molecule has 7 heteroatoms. The van der Waals surface area contributed by atoms with E-state index in [9.17, 15) is 4.79 Å². The molecule has 124 valence electrons. The lowest BCUT2D eigenvalue weighted by Gasteiger charge is -2.26. The summed E-state index contributed by atoms with van der Waals surface area (Å²) >= 11 is 1.54. The van der Waals surface area contributed by atoms with Crippen molar-refractivity contribution >= 4 is 17.2 Å². The van der Waals surface area contributed by atoms with Gasteiger partial charge in [-0.15, -0.1) is 11.3 Å². The van der Waals surface area contributed by atoms with Crippen molar-refractivity contribution < 1.29 is 14.1 Å². The summed E-state index contributed by atoms with van der Waals surface area (Å²) in [6.45, 7) is 6.97. The number of nitrogens with zero attached hydrogens (tertiary/aromatic N) is 2. The Balaban J connectivity index is 1.53. The third-order valence-electron chi connectivity index (χ3n) is 3.88. The molecule has 3 heterocycles. The molecule has 0 spiro atoms. The minimum absolute atomic E-state index is 0.117. The topological polar surface area (TPSA) is 67.6 Å². The van der Waals surface area contributed by atoms with E-state index in [4.69, 9.17) is 9.26 Å². The van der Waals surface area contributed by atoms with E-state index in [1.54, 1.807) is 6.92 Å². The van der Waals surface area contributed by atoms with Gasteiger partial charge in [0, 0.05) is 19.6 Å². The van der Waals surface area contributed by atoms with Gasteiger partial charge in [-0.2, -0.15) is 0 Å². The zero-order valence-corrected chi connectivity index (χ0v) is 14.0. The van der Waals surface area contributed by atoms with Crippen LogP contribution < -0.4 is 5.32 Å². The lowest BCUT2D eigenvalue weighted by molar-refractivity contribution is 0.0374. The van der Waals surface area contributed by atoms with Crippen LogP contribution in [0.4, 0.5) is 0 Å². The molecule has 1 N–H and O–H groups in total. The fourth-order valence-electron chi connectivity index (χ4n) is 2.63. The number of ether oxygens (including phenoxy) is 1. The van der Waals surface area contributed by atoms with Crippen LogP contribution in [0.1, 0.15) is 22.5 Å². The van der Waals surface area contributed by atoms with E-state index >= 15 is 0 Å². The molecular weight excluding hydrogens is 314 g/mol.